The van der Waals surface area contributed by atoms with Crippen LogP contribution in [0.2, 0.25) is 10.1 Å². The predicted molar refractivity (Wildman–Crippen MR) is 98.4 cm³/mol. The fraction of sp³-hybridized carbons (Fsp3) is 1.00. The molecule has 1 unspecified atom stereocenters. The lowest BCUT2D eigenvalue weighted by Gasteiger charge is -2.65. The van der Waals surface area contributed by atoms with Crippen LogP contribution in [0.3, 0.4) is 0 Å². The first kappa shape index (κ1) is 20.2. The molecule has 0 aromatic heterocycles. The predicted octanol–water partition coefficient (Wildman–Crippen LogP) is 6.15. The highest BCUT2D eigenvalue weighted by molar-refractivity contribution is 6.74. The summed E-state index contributed by atoms with van der Waals surface area (Å²) in [5, 5.41) is 0.134. The van der Waals surface area contributed by atoms with Crippen molar-refractivity contribution in [3.05, 3.63) is 0 Å². The van der Waals surface area contributed by atoms with Gasteiger partial charge in [0.15, 0.2) is 0 Å². The minimum Gasteiger partial charge on any atom is -0.397 e. The quantitative estimate of drug-likeness (QED) is 0.563. The van der Waals surface area contributed by atoms with Crippen molar-refractivity contribution >= 4 is 8.56 Å². The lowest BCUT2D eigenvalue weighted by Crippen LogP contribution is -2.67. The third-order valence-electron chi connectivity index (χ3n) is 8.14. The number of rotatable bonds is 5. The van der Waals surface area contributed by atoms with Crippen LogP contribution in [0.5, 0.6) is 0 Å². The highest BCUT2D eigenvalue weighted by Gasteiger charge is 2.71. The average molecular weight is 329 g/mol. The fourth-order valence-corrected chi connectivity index (χ4v) is 11.0. The zero-order chi connectivity index (χ0) is 17.6. The molecule has 0 bridgehead atoms. The smallest absolute Gasteiger partial charge is 0.350 e. The van der Waals surface area contributed by atoms with E-state index in [4.69, 9.17) is 8.85 Å². The Labute approximate surface area is 140 Å². The van der Waals surface area contributed by atoms with E-state index in [1.54, 1.807) is 0 Å². The maximum absolute atomic E-state index is 6.40. The van der Waals surface area contributed by atoms with Crippen molar-refractivity contribution in [2.45, 2.75) is 91.7 Å². The van der Waals surface area contributed by atoms with Gasteiger partial charge in [-0.05, 0) is 29.6 Å². The molecule has 0 saturated heterocycles. The van der Waals surface area contributed by atoms with Gasteiger partial charge < -0.3 is 8.85 Å². The van der Waals surface area contributed by atoms with Gasteiger partial charge in [-0.2, -0.15) is 0 Å². The maximum atomic E-state index is 6.40. The summed E-state index contributed by atoms with van der Waals surface area (Å²) in [6.45, 7) is 21.5. The summed E-state index contributed by atoms with van der Waals surface area (Å²) in [4.78, 5) is 0. The molecule has 0 aliphatic heterocycles. The molecule has 0 aromatic rings. The van der Waals surface area contributed by atoms with Crippen LogP contribution in [0, 0.1) is 16.7 Å². The van der Waals surface area contributed by atoms with E-state index < -0.39 is 8.56 Å². The number of hydrogen-bond donors (Lipinski definition) is 0. The molecule has 0 amide bonds. The van der Waals surface area contributed by atoms with Gasteiger partial charge >= 0.3 is 8.56 Å². The van der Waals surface area contributed by atoms with Gasteiger partial charge in [0, 0.05) is 24.3 Å². The van der Waals surface area contributed by atoms with Crippen LogP contribution in [-0.2, 0) is 8.85 Å². The van der Waals surface area contributed by atoms with Gasteiger partial charge in [-0.3, -0.25) is 0 Å². The largest absolute Gasteiger partial charge is 0.397 e. The van der Waals surface area contributed by atoms with E-state index in [-0.39, 0.29) is 15.5 Å². The second-order valence-electron chi connectivity index (χ2n) is 9.60. The van der Waals surface area contributed by atoms with Gasteiger partial charge in [0.05, 0.1) is 0 Å². The zero-order valence-electron chi connectivity index (χ0n) is 17.0. The molecule has 0 N–H and O–H groups in total. The van der Waals surface area contributed by atoms with E-state index in [1.165, 1.54) is 19.3 Å². The molecular formula is C19H40O2Si. The Morgan fingerprint density at radius 1 is 0.909 bits per heavy atom. The van der Waals surface area contributed by atoms with Crippen molar-refractivity contribution in [1.29, 1.82) is 0 Å². The van der Waals surface area contributed by atoms with Crippen LogP contribution in [0.4, 0.5) is 0 Å². The first-order valence-corrected chi connectivity index (χ1v) is 10.7. The lowest BCUT2D eigenvalue weighted by atomic mass is 9.54. The van der Waals surface area contributed by atoms with Crippen molar-refractivity contribution in [2.75, 3.05) is 14.2 Å². The van der Waals surface area contributed by atoms with Gasteiger partial charge in [-0.25, -0.2) is 0 Å². The Bertz CT molecular complexity index is 394. The molecule has 2 nitrogen and oxygen atoms in total. The lowest BCUT2D eigenvalue weighted by molar-refractivity contribution is -0.0244. The van der Waals surface area contributed by atoms with Crippen molar-refractivity contribution in [3.8, 4) is 0 Å². The molecular weight excluding hydrogens is 288 g/mol. The van der Waals surface area contributed by atoms with Crippen LogP contribution in [-0.4, -0.2) is 22.8 Å². The van der Waals surface area contributed by atoms with Gasteiger partial charge in [-0.1, -0.05) is 68.7 Å². The van der Waals surface area contributed by atoms with Crippen LogP contribution in [0.25, 0.3) is 0 Å². The normalized spacial score (nSPS) is 28.9. The number of hydrogen-bond acceptors (Lipinski definition) is 2. The standard InChI is InChI=1S/C19H40O2Si/c1-15(2)17(5,6)22(20-10,21-11)19(9)14-12-13-16(3,4)18(19,7)8/h15H,12-14H2,1-11H3. The molecule has 1 atom stereocenters. The summed E-state index contributed by atoms with van der Waals surface area (Å²) in [6.07, 6.45) is 3.76. The van der Waals surface area contributed by atoms with E-state index in [0.717, 1.165) is 0 Å². The Kier molecular flexibility index (Phi) is 5.41. The molecule has 1 saturated carbocycles. The Morgan fingerprint density at radius 3 is 1.73 bits per heavy atom. The van der Waals surface area contributed by atoms with Crippen LogP contribution in [0.1, 0.15) is 81.6 Å². The second-order valence-corrected chi connectivity index (χ2v) is 14.0. The molecule has 1 aliphatic carbocycles. The molecule has 132 valence electrons. The summed E-state index contributed by atoms with van der Waals surface area (Å²) in [5.41, 5.74) is 0.463. The zero-order valence-corrected chi connectivity index (χ0v) is 18.0. The van der Waals surface area contributed by atoms with Crippen molar-refractivity contribution in [1.82, 2.24) is 0 Å². The topological polar surface area (TPSA) is 18.5 Å². The summed E-state index contributed by atoms with van der Waals surface area (Å²) in [7, 11) is 1.30. The maximum Gasteiger partial charge on any atom is 0.350 e. The second kappa shape index (κ2) is 5.89. The van der Waals surface area contributed by atoms with E-state index in [2.05, 4.69) is 62.3 Å². The van der Waals surface area contributed by atoms with E-state index in [9.17, 15) is 0 Å². The van der Waals surface area contributed by atoms with Crippen molar-refractivity contribution < 1.29 is 8.85 Å². The van der Waals surface area contributed by atoms with Gasteiger partial charge in [-0.15, -0.1) is 0 Å². The van der Waals surface area contributed by atoms with Crippen LogP contribution >= 0.6 is 0 Å². The highest BCUT2D eigenvalue weighted by Crippen LogP contribution is 2.72. The Balaban J connectivity index is 3.61. The van der Waals surface area contributed by atoms with Crippen molar-refractivity contribution in [2.24, 2.45) is 16.7 Å². The summed E-state index contributed by atoms with van der Waals surface area (Å²) in [5.74, 6) is 0.525. The van der Waals surface area contributed by atoms with E-state index in [1.807, 2.05) is 14.2 Å². The highest BCUT2D eigenvalue weighted by atomic mass is 28.4. The van der Waals surface area contributed by atoms with E-state index >= 15 is 0 Å². The van der Waals surface area contributed by atoms with E-state index in [0.29, 0.717) is 11.3 Å². The summed E-state index contributed by atoms with van der Waals surface area (Å²) < 4.78 is 12.8. The monoisotopic (exact) mass is 328 g/mol. The Morgan fingerprint density at radius 2 is 1.36 bits per heavy atom. The molecule has 22 heavy (non-hydrogen) atoms. The molecule has 1 fully saturated rings. The molecule has 0 spiro atoms. The molecule has 0 aromatic carbocycles. The summed E-state index contributed by atoms with van der Waals surface area (Å²) in [6, 6.07) is 0. The SMILES string of the molecule is CO[Si](OC)(C(C)(C)C(C)C)C1(C)CCCC(C)(C)C1(C)C. The molecule has 1 aliphatic rings. The molecule has 1 rings (SSSR count). The van der Waals surface area contributed by atoms with Gasteiger partial charge in [0.1, 0.15) is 0 Å². The fourth-order valence-electron chi connectivity index (χ4n) is 4.98. The summed E-state index contributed by atoms with van der Waals surface area (Å²) >= 11 is 0. The van der Waals surface area contributed by atoms with Gasteiger partial charge in [0.25, 0.3) is 0 Å². The first-order chi connectivity index (χ1) is 9.77. The third-order valence-corrected chi connectivity index (χ3v) is 13.9. The van der Waals surface area contributed by atoms with Crippen molar-refractivity contribution in [3.63, 3.8) is 0 Å². The molecule has 3 heteroatoms. The van der Waals surface area contributed by atoms with Gasteiger partial charge in [0.2, 0.25) is 0 Å². The third kappa shape index (κ3) is 2.34. The minimum absolute atomic E-state index is 0.0515. The first-order valence-electron chi connectivity index (χ1n) is 8.88. The minimum atomic E-state index is -2.48. The average Bonchev–Trinajstić information content (AvgIpc) is 2.38. The van der Waals surface area contributed by atoms with Crippen LogP contribution < -0.4 is 0 Å². The molecule has 0 heterocycles. The Hall–Kier alpha value is 0.137. The van der Waals surface area contributed by atoms with Crippen LogP contribution in [0.15, 0.2) is 0 Å². The molecule has 0 radical (unpaired) electrons.